The fourth-order valence-corrected chi connectivity index (χ4v) is 3.33. The zero-order valence-electron chi connectivity index (χ0n) is 16.3. The zero-order chi connectivity index (χ0) is 20.0. The molecule has 6 heteroatoms. The number of aromatic nitrogens is 1. The minimum Gasteiger partial charge on any atom is -0.451 e. The molecule has 1 aromatic carbocycles. The van der Waals surface area contributed by atoms with Gasteiger partial charge in [0.1, 0.15) is 5.69 Å². The Hall–Kier alpha value is -2.60. The van der Waals surface area contributed by atoms with E-state index in [1.807, 2.05) is 30.3 Å². The number of rotatable bonds is 8. The van der Waals surface area contributed by atoms with Crippen LogP contribution in [0.25, 0.3) is 0 Å². The molecular formula is C21H28N2O4. The van der Waals surface area contributed by atoms with Gasteiger partial charge in [0.2, 0.25) is 0 Å². The smallest absolute Gasteiger partial charge is 0.355 e. The van der Waals surface area contributed by atoms with Crippen LogP contribution in [0.4, 0.5) is 0 Å². The summed E-state index contributed by atoms with van der Waals surface area (Å²) in [6.45, 7) is 6.87. The second-order valence-corrected chi connectivity index (χ2v) is 6.74. The van der Waals surface area contributed by atoms with Gasteiger partial charge in [-0.3, -0.25) is 4.79 Å². The summed E-state index contributed by atoms with van der Waals surface area (Å²) >= 11 is 0. The van der Waals surface area contributed by atoms with Crippen molar-refractivity contribution in [1.29, 1.82) is 0 Å². The van der Waals surface area contributed by atoms with E-state index in [1.54, 1.807) is 20.8 Å². The Kier molecular flexibility index (Phi) is 7.19. The van der Waals surface area contributed by atoms with E-state index in [4.69, 9.17) is 4.74 Å². The lowest BCUT2D eigenvalue weighted by molar-refractivity contribution is -0.125. The highest BCUT2D eigenvalue weighted by atomic mass is 16.5. The zero-order valence-corrected chi connectivity index (χ0v) is 16.3. The fraction of sp³-hybridized carbons (Fsp3) is 0.429. The van der Waals surface area contributed by atoms with Crippen LogP contribution in [0.1, 0.15) is 71.7 Å². The maximum absolute atomic E-state index is 12.3. The predicted octanol–water partition coefficient (Wildman–Crippen LogP) is 3.50. The van der Waals surface area contributed by atoms with Gasteiger partial charge in [0.05, 0.1) is 12.1 Å². The molecule has 1 amide bonds. The highest BCUT2D eigenvalue weighted by molar-refractivity contribution is 5.91. The van der Waals surface area contributed by atoms with Crippen LogP contribution in [0.15, 0.2) is 30.3 Å². The highest BCUT2D eigenvalue weighted by Crippen LogP contribution is 2.25. The van der Waals surface area contributed by atoms with Crippen molar-refractivity contribution in [3.8, 4) is 0 Å². The van der Waals surface area contributed by atoms with Gasteiger partial charge in [-0.2, -0.15) is 0 Å². The van der Waals surface area contributed by atoms with Crippen LogP contribution >= 0.6 is 0 Å². The number of benzene rings is 1. The first-order chi connectivity index (χ1) is 12.8. The molecule has 0 aliphatic rings. The molecular weight excluding hydrogens is 344 g/mol. The molecule has 1 heterocycles. The van der Waals surface area contributed by atoms with Crippen molar-refractivity contribution < 1.29 is 19.4 Å². The monoisotopic (exact) mass is 372 g/mol. The lowest BCUT2D eigenvalue weighted by atomic mass is 10.0. The minimum absolute atomic E-state index is 0.112. The van der Waals surface area contributed by atoms with Gasteiger partial charge in [-0.1, -0.05) is 43.7 Å². The summed E-state index contributed by atoms with van der Waals surface area (Å²) in [5.41, 5.74) is 3.33. The van der Waals surface area contributed by atoms with Crippen molar-refractivity contribution in [2.75, 3.05) is 6.61 Å². The number of aliphatic hydroxyl groups is 1. The van der Waals surface area contributed by atoms with Crippen LogP contribution in [-0.4, -0.2) is 28.6 Å². The van der Waals surface area contributed by atoms with E-state index in [9.17, 15) is 14.7 Å². The number of hydrogen-bond acceptors (Lipinski definition) is 4. The number of hydrogen-bond donors (Lipinski definition) is 3. The average molecular weight is 372 g/mol. The number of esters is 1. The molecule has 0 radical (unpaired) electrons. The van der Waals surface area contributed by atoms with E-state index >= 15 is 0 Å². The number of aromatic amines is 1. The van der Waals surface area contributed by atoms with Crippen molar-refractivity contribution in [3.05, 3.63) is 58.4 Å². The molecule has 6 nitrogen and oxygen atoms in total. The van der Waals surface area contributed by atoms with Crippen molar-refractivity contribution in [2.24, 2.45) is 0 Å². The molecule has 2 rings (SSSR count). The molecule has 0 bridgehead atoms. The van der Waals surface area contributed by atoms with Crippen LogP contribution in [0.2, 0.25) is 0 Å². The molecule has 1 aromatic heterocycles. The molecule has 0 aliphatic heterocycles. The Morgan fingerprint density at radius 2 is 1.89 bits per heavy atom. The van der Waals surface area contributed by atoms with Gasteiger partial charge in [-0.25, -0.2) is 4.79 Å². The van der Waals surface area contributed by atoms with E-state index in [2.05, 4.69) is 17.2 Å². The summed E-state index contributed by atoms with van der Waals surface area (Å²) in [6, 6.07) is 9.61. The summed E-state index contributed by atoms with van der Waals surface area (Å²) in [6.07, 6.45) is 1.03. The number of aliphatic hydroxyl groups excluding tert-OH is 1. The van der Waals surface area contributed by atoms with Crippen molar-refractivity contribution in [3.63, 3.8) is 0 Å². The summed E-state index contributed by atoms with van der Waals surface area (Å²) in [7, 11) is 0. The predicted molar refractivity (Wildman–Crippen MR) is 103 cm³/mol. The van der Waals surface area contributed by atoms with Gasteiger partial charge in [-0.15, -0.1) is 0 Å². The second-order valence-electron chi connectivity index (χ2n) is 6.74. The quantitative estimate of drug-likeness (QED) is 0.619. The third kappa shape index (κ3) is 5.20. The SMILES string of the molecule is CCC[C@H](NC(=O)COC(=O)c1[nH]c(C)c([C@@H](C)O)c1C)c1ccccc1. The van der Waals surface area contributed by atoms with E-state index in [0.29, 0.717) is 16.8 Å². The normalized spacial score (nSPS) is 13.1. The van der Waals surface area contributed by atoms with Gasteiger partial charge in [0.15, 0.2) is 6.61 Å². The molecule has 146 valence electrons. The van der Waals surface area contributed by atoms with Crippen LogP contribution in [0.3, 0.4) is 0 Å². The molecule has 0 saturated heterocycles. The first-order valence-electron chi connectivity index (χ1n) is 9.23. The van der Waals surface area contributed by atoms with E-state index in [-0.39, 0.29) is 24.2 Å². The lowest BCUT2D eigenvalue weighted by Crippen LogP contribution is -2.32. The summed E-state index contributed by atoms with van der Waals surface area (Å²) in [5, 5.41) is 12.7. The number of H-pyrrole nitrogens is 1. The number of aryl methyl sites for hydroxylation is 1. The van der Waals surface area contributed by atoms with Gasteiger partial charge < -0.3 is 20.1 Å². The van der Waals surface area contributed by atoms with Crippen LogP contribution in [0, 0.1) is 13.8 Å². The molecule has 3 N–H and O–H groups in total. The summed E-state index contributed by atoms with van der Waals surface area (Å²) < 4.78 is 5.17. The van der Waals surface area contributed by atoms with Crippen LogP contribution in [0.5, 0.6) is 0 Å². The number of carbonyl (C=O) groups excluding carboxylic acids is 2. The molecule has 0 fully saturated rings. The number of nitrogens with one attached hydrogen (secondary N) is 2. The number of amides is 1. The molecule has 27 heavy (non-hydrogen) atoms. The summed E-state index contributed by atoms with van der Waals surface area (Å²) in [5.74, 6) is -0.952. The Bertz CT molecular complexity index is 781. The number of carbonyl (C=O) groups is 2. The Balaban J connectivity index is 1.98. The maximum atomic E-state index is 12.3. The third-order valence-electron chi connectivity index (χ3n) is 4.57. The molecule has 0 saturated carbocycles. The third-order valence-corrected chi connectivity index (χ3v) is 4.57. The minimum atomic E-state index is -0.688. The molecule has 0 unspecified atom stereocenters. The largest absolute Gasteiger partial charge is 0.451 e. The average Bonchev–Trinajstić information content (AvgIpc) is 2.94. The van der Waals surface area contributed by atoms with Gasteiger partial charge in [0.25, 0.3) is 5.91 Å². The molecule has 2 aromatic rings. The first-order valence-corrected chi connectivity index (χ1v) is 9.23. The van der Waals surface area contributed by atoms with Gasteiger partial charge in [0, 0.05) is 11.3 Å². The second kappa shape index (κ2) is 9.37. The van der Waals surface area contributed by atoms with Gasteiger partial charge in [-0.05, 0) is 38.3 Å². The van der Waals surface area contributed by atoms with Crippen LogP contribution < -0.4 is 5.32 Å². The topological polar surface area (TPSA) is 91.4 Å². The standard InChI is InChI=1S/C21H28N2O4/c1-5-9-17(16-10-7-6-8-11-16)23-18(25)12-27-21(26)20-13(2)19(15(4)24)14(3)22-20/h6-8,10-11,15,17,22,24H,5,9,12H2,1-4H3,(H,23,25)/t15-,17+/m1/s1. The Labute approximate surface area is 159 Å². The number of ether oxygens (including phenoxy) is 1. The van der Waals surface area contributed by atoms with Crippen LogP contribution in [-0.2, 0) is 9.53 Å². The Morgan fingerprint density at radius 3 is 2.44 bits per heavy atom. The van der Waals surface area contributed by atoms with E-state index in [1.165, 1.54) is 0 Å². The van der Waals surface area contributed by atoms with E-state index in [0.717, 1.165) is 18.4 Å². The lowest BCUT2D eigenvalue weighted by Gasteiger charge is -2.18. The molecule has 0 aliphatic carbocycles. The Morgan fingerprint density at radius 1 is 1.22 bits per heavy atom. The van der Waals surface area contributed by atoms with E-state index < -0.39 is 12.1 Å². The summed E-state index contributed by atoms with van der Waals surface area (Å²) in [4.78, 5) is 27.5. The highest BCUT2D eigenvalue weighted by Gasteiger charge is 2.22. The van der Waals surface area contributed by atoms with Crippen molar-refractivity contribution in [1.82, 2.24) is 10.3 Å². The maximum Gasteiger partial charge on any atom is 0.355 e. The van der Waals surface area contributed by atoms with Crippen molar-refractivity contribution in [2.45, 2.75) is 52.7 Å². The fourth-order valence-electron chi connectivity index (χ4n) is 3.33. The molecule has 2 atom stereocenters. The molecule has 0 spiro atoms. The first kappa shape index (κ1) is 20.7. The van der Waals surface area contributed by atoms with Crippen molar-refractivity contribution >= 4 is 11.9 Å². The van der Waals surface area contributed by atoms with Gasteiger partial charge >= 0.3 is 5.97 Å².